The maximum Gasteiger partial charge on any atom is 0.416 e. The number of aromatic nitrogens is 2. The fourth-order valence-corrected chi connectivity index (χ4v) is 5.07. The van der Waals surface area contributed by atoms with Crippen molar-refractivity contribution in [3.63, 3.8) is 0 Å². The Labute approximate surface area is 153 Å². The minimum absolute atomic E-state index is 0.161. The van der Waals surface area contributed by atoms with Crippen molar-refractivity contribution >= 4 is 21.6 Å². The fraction of sp³-hybridized carbons (Fsp3) is 0.467. The van der Waals surface area contributed by atoms with E-state index in [9.17, 15) is 21.6 Å². The van der Waals surface area contributed by atoms with E-state index in [0.717, 1.165) is 16.8 Å². The molecule has 0 spiro atoms. The van der Waals surface area contributed by atoms with Gasteiger partial charge in [0, 0.05) is 13.5 Å². The van der Waals surface area contributed by atoms with Gasteiger partial charge in [-0.05, 0) is 31.0 Å². The molecule has 1 saturated heterocycles. The van der Waals surface area contributed by atoms with Gasteiger partial charge in [0.15, 0.2) is 0 Å². The third kappa shape index (κ3) is 3.58. The topological polar surface area (TPSA) is 76.3 Å². The van der Waals surface area contributed by atoms with Gasteiger partial charge in [-0.3, -0.25) is 0 Å². The number of nitrogens with zero attached hydrogens (tertiary/aromatic N) is 3. The number of halogens is 4. The van der Waals surface area contributed by atoms with Crippen LogP contribution >= 0.6 is 11.6 Å². The summed E-state index contributed by atoms with van der Waals surface area (Å²) in [5.74, 6) is 0.462. The molecule has 2 heterocycles. The van der Waals surface area contributed by atoms with E-state index in [4.69, 9.17) is 16.0 Å². The summed E-state index contributed by atoms with van der Waals surface area (Å²) in [6.45, 7) is 1.77. The molecule has 1 fully saturated rings. The molecule has 0 unspecified atom stereocenters. The summed E-state index contributed by atoms with van der Waals surface area (Å²) >= 11 is 5.88. The van der Waals surface area contributed by atoms with E-state index >= 15 is 0 Å². The van der Waals surface area contributed by atoms with Gasteiger partial charge in [-0.1, -0.05) is 18.0 Å². The molecule has 0 bridgehead atoms. The lowest BCUT2D eigenvalue weighted by atomic mass is 10.1. The molecule has 0 radical (unpaired) electrons. The zero-order valence-electron chi connectivity index (χ0n) is 13.6. The lowest BCUT2D eigenvalue weighted by Gasteiger charge is -2.32. The first-order valence-electron chi connectivity index (χ1n) is 7.79. The second-order valence-electron chi connectivity index (χ2n) is 5.93. The minimum Gasteiger partial charge on any atom is -0.424 e. The smallest absolute Gasteiger partial charge is 0.416 e. The van der Waals surface area contributed by atoms with E-state index in [0.29, 0.717) is 30.9 Å². The average molecular weight is 410 g/mol. The van der Waals surface area contributed by atoms with Crippen LogP contribution in [0.3, 0.4) is 0 Å². The minimum atomic E-state index is -4.61. The molecule has 2 aromatic rings. The standard InChI is InChI=1S/C15H15ClF3N3O3S/c1-9-20-21-14(25-9)12-4-2-3-7-22(12)26(23,24)13-6-5-10(8-11(13)16)15(17,18)19/h5-6,8,12H,2-4,7H2,1H3/t12-/m0/s1. The Bertz CT molecular complexity index is 914. The van der Waals surface area contributed by atoms with Gasteiger partial charge < -0.3 is 4.42 Å². The van der Waals surface area contributed by atoms with Crippen LogP contribution in [0.2, 0.25) is 5.02 Å². The monoisotopic (exact) mass is 409 g/mol. The Morgan fingerprint density at radius 1 is 1.27 bits per heavy atom. The summed E-state index contributed by atoms with van der Waals surface area (Å²) in [5, 5.41) is 7.13. The van der Waals surface area contributed by atoms with Gasteiger partial charge in [-0.2, -0.15) is 17.5 Å². The third-order valence-corrected chi connectivity index (χ3v) is 6.52. The van der Waals surface area contributed by atoms with Crippen molar-refractivity contribution < 1.29 is 26.0 Å². The Hall–Kier alpha value is -1.65. The van der Waals surface area contributed by atoms with E-state index < -0.39 is 32.8 Å². The van der Waals surface area contributed by atoms with Crippen molar-refractivity contribution in [2.45, 2.75) is 43.3 Å². The quantitative estimate of drug-likeness (QED) is 0.766. The number of piperidine rings is 1. The van der Waals surface area contributed by atoms with Crippen molar-refractivity contribution in [2.75, 3.05) is 6.54 Å². The first kappa shape index (κ1) is 19.1. The highest BCUT2D eigenvalue weighted by atomic mass is 35.5. The van der Waals surface area contributed by atoms with Crippen molar-refractivity contribution in [3.05, 3.63) is 40.6 Å². The molecule has 6 nitrogen and oxygen atoms in total. The van der Waals surface area contributed by atoms with Crippen LogP contribution in [0.4, 0.5) is 13.2 Å². The Kier molecular flexibility index (Phi) is 5.02. The molecule has 0 N–H and O–H groups in total. The molecule has 0 aliphatic carbocycles. The summed E-state index contributed by atoms with van der Waals surface area (Å²) in [5.41, 5.74) is -1.01. The Morgan fingerprint density at radius 3 is 2.58 bits per heavy atom. The normalized spacial score (nSPS) is 19.7. The van der Waals surface area contributed by atoms with Crippen molar-refractivity contribution in [1.29, 1.82) is 0 Å². The zero-order valence-corrected chi connectivity index (χ0v) is 15.2. The van der Waals surface area contributed by atoms with E-state index in [2.05, 4.69) is 10.2 Å². The molecule has 26 heavy (non-hydrogen) atoms. The molecule has 142 valence electrons. The van der Waals surface area contributed by atoms with Crippen LogP contribution < -0.4 is 0 Å². The summed E-state index contributed by atoms with van der Waals surface area (Å²) < 4.78 is 71.0. The first-order valence-corrected chi connectivity index (χ1v) is 9.61. The van der Waals surface area contributed by atoms with E-state index in [1.54, 1.807) is 6.92 Å². The second kappa shape index (κ2) is 6.82. The Balaban J connectivity index is 2.00. The number of rotatable bonds is 3. The summed E-state index contributed by atoms with van der Waals surface area (Å²) in [4.78, 5) is -0.379. The van der Waals surface area contributed by atoms with Crippen LogP contribution in [-0.2, 0) is 16.2 Å². The molecule has 1 aromatic heterocycles. The Morgan fingerprint density at radius 2 is 2.00 bits per heavy atom. The predicted octanol–water partition coefficient (Wildman–Crippen LogP) is 3.97. The van der Waals surface area contributed by atoms with E-state index in [1.807, 2.05) is 0 Å². The van der Waals surface area contributed by atoms with Gasteiger partial charge in [-0.25, -0.2) is 8.42 Å². The second-order valence-corrected chi connectivity index (χ2v) is 8.20. The number of hydrogen-bond acceptors (Lipinski definition) is 5. The van der Waals surface area contributed by atoms with Crippen LogP contribution in [0.15, 0.2) is 27.5 Å². The fourth-order valence-electron chi connectivity index (χ4n) is 2.90. The lowest BCUT2D eigenvalue weighted by Crippen LogP contribution is -2.38. The van der Waals surface area contributed by atoms with Crippen molar-refractivity contribution in [2.24, 2.45) is 0 Å². The summed E-state index contributed by atoms with van der Waals surface area (Å²) in [7, 11) is -4.14. The number of hydrogen-bond donors (Lipinski definition) is 0. The SMILES string of the molecule is Cc1nnc([C@@H]2CCCCN2S(=O)(=O)c2ccc(C(F)(F)F)cc2Cl)o1. The van der Waals surface area contributed by atoms with Gasteiger partial charge in [0.05, 0.1) is 10.6 Å². The molecule has 1 aliphatic rings. The lowest BCUT2D eigenvalue weighted by molar-refractivity contribution is -0.137. The van der Waals surface area contributed by atoms with Crippen LogP contribution in [0, 0.1) is 6.92 Å². The highest BCUT2D eigenvalue weighted by molar-refractivity contribution is 7.89. The number of sulfonamides is 1. The molecule has 0 amide bonds. The predicted molar refractivity (Wildman–Crippen MR) is 86.0 cm³/mol. The molecule has 1 aliphatic heterocycles. The highest BCUT2D eigenvalue weighted by Gasteiger charge is 2.39. The highest BCUT2D eigenvalue weighted by Crippen LogP contribution is 2.38. The van der Waals surface area contributed by atoms with Crippen LogP contribution in [0.5, 0.6) is 0 Å². The van der Waals surface area contributed by atoms with Crippen LogP contribution in [0.1, 0.15) is 42.6 Å². The van der Waals surface area contributed by atoms with Crippen LogP contribution in [0.25, 0.3) is 0 Å². The molecule has 1 aromatic carbocycles. The number of alkyl halides is 3. The summed E-state index contributed by atoms with van der Waals surface area (Å²) in [6.07, 6.45) is -2.76. The number of aryl methyl sites for hydroxylation is 1. The first-order chi connectivity index (χ1) is 12.1. The maximum atomic E-state index is 13.0. The summed E-state index contributed by atoms with van der Waals surface area (Å²) in [6, 6.07) is 1.53. The van der Waals surface area contributed by atoms with Gasteiger partial charge in [0.2, 0.25) is 21.8 Å². The van der Waals surface area contributed by atoms with Gasteiger partial charge in [0.1, 0.15) is 10.9 Å². The molecular formula is C15H15ClF3N3O3S. The zero-order chi connectivity index (χ0) is 19.1. The maximum absolute atomic E-state index is 13.0. The van der Waals surface area contributed by atoms with Gasteiger partial charge >= 0.3 is 6.18 Å². The van der Waals surface area contributed by atoms with Gasteiger partial charge in [-0.15, -0.1) is 10.2 Å². The van der Waals surface area contributed by atoms with Gasteiger partial charge in [0.25, 0.3) is 0 Å². The molecular weight excluding hydrogens is 395 g/mol. The van der Waals surface area contributed by atoms with Crippen LogP contribution in [-0.4, -0.2) is 29.5 Å². The number of benzene rings is 1. The molecule has 0 saturated carbocycles. The van der Waals surface area contributed by atoms with Crippen molar-refractivity contribution in [3.8, 4) is 0 Å². The van der Waals surface area contributed by atoms with E-state index in [-0.39, 0.29) is 17.3 Å². The molecule has 3 rings (SSSR count). The van der Waals surface area contributed by atoms with E-state index in [1.165, 1.54) is 0 Å². The molecule has 11 heteroatoms. The molecule has 1 atom stereocenters. The van der Waals surface area contributed by atoms with Crippen molar-refractivity contribution in [1.82, 2.24) is 14.5 Å². The largest absolute Gasteiger partial charge is 0.424 e. The average Bonchev–Trinajstić information content (AvgIpc) is 3.00. The third-order valence-electron chi connectivity index (χ3n) is 4.13.